The molecule has 0 heterocycles. The third-order valence-electron chi connectivity index (χ3n) is 2.85. The van der Waals surface area contributed by atoms with Gasteiger partial charge in [-0.2, -0.15) is 5.26 Å². The third-order valence-corrected chi connectivity index (χ3v) is 3.40. The predicted octanol–water partition coefficient (Wildman–Crippen LogP) is 4.67. The lowest BCUT2D eigenvalue weighted by molar-refractivity contribution is -0.385. The molecule has 0 saturated carbocycles. The lowest BCUT2D eigenvalue weighted by atomic mass is 10.0. The van der Waals surface area contributed by atoms with Gasteiger partial charge in [-0.1, -0.05) is 35.3 Å². The minimum atomic E-state index is -0.700. The topological polar surface area (TPSA) is 87.2 Å². The van der Waals surface area contributed by atoms with E-state index >= 15 is 0 Å². The molecule has 0 aliphatic rings. The smallest absolute Gasteiger partial charge is 0.311 e. The molecule has 2 aromatic rings. The number of nitrogens with zero attached hydrogens (tertiary/aromatic N) is 2. The average molecular weight is 335 g/mol. The number of nitro groups is 1. The Kier molecular flexibility index (Phi) is 4.66. The standard InChI is InChI=1S/C15H8Cl2N2O3/c16-11-2-3-12(13(17)7-11)10(8-18)5-9-1-4-15(20)14(6-9)19(21)22/h1-7,20H/b10-5-. The van der Waals surface area contributed by atoms with E-state index in [2.05, 4.69) is 0 Å². The van der Waals surface area contributed by atoms with Crippen molar-refractivity contribution in [1.82, 2.24) is 0 Å². The van der Waals surface area contributed by atoms with E-state index in [1.807, 2.05) is 6.07 Å². The molecule has 0 aromatic heterocycles. The molecule has 0 amide bonds. The summed E-state index contributed by atoms with van der Waals surface area (Å²) in [5, 5.41) is 30.3. The first-order valence-corrected chi connectivity index (χ1v) is 6.72. The van der Waals surface area contributed by atoms with Gasteiger partial charge in [0.15, 0.2) is 5.75 Å². The van der Waals surface area contributed by atoms with E-state index in [1.165, 1.54) is 30.3 Å². The summed E-state index contributed by atoms with van der Waals surface area (Å²) in [6.45, 7) is 0. The van der Waals surface area contributed by atoms with E-state index < -0.39 is 16.4 Å². The van der Waals surface area contributed by atoms with Gasteiger partial charge in [0, 0.05) is 16.7 Å². The van der Waals surface area contributed by atoms with Gasteiger partial charge < -0.3 is 5.11 Å². The fourth-order valence-electron chi connectivity index (χ4n) is 1.82. The van der Waals surface area contributed by atoms with Crippen LogP contribution in [0.25, 0.3) is 11.6 Å². The van der Waals surface area contributed by atoms with Gasteiger partial charge in [-0.3, -0.25) is 10.1 Å². The zero-order chi connectivity index (χ0) is 16.3. The summed E-state index contributed by atoms with van der Waals surface area (Å²) in [5.74, 6) is -0.440. The first-order chi connectivity index (χ1) is 10.4. The van der Waals surface area contributed by atoms with Crippen LogP contribution in [0.5, 0.6) is 5.75 Å². The second-order valence-corrected chi connectivity index (χ2v) is 5.14. The Balaban J connectivity index is 2.52. The van der Waals surface area contributed by atoms with Crippen LogP contribution >= 0.6 is 23.2 Å². The molecule has 22 heavy (non-hydrogen) atoms. The maximum Gasteiger partial charge on any atom is 0.311 e. The maximum atomic E-state index is 10.8. The van der Waals surface area contributed by atoms with Crippen molar-refractivity contribution in [3.63, 3.8) is 0 Å². The van der Waals surface area contributed by atoms with Crippen molar-refractivity contribution in [3.8, 4) is 11.8 Å². The zero-order valence-corrected chi connectivity index (χ0v) is 12.5. The van der Waals surface area contributed by atoms with Crippen molar-refractivity contribution in [2.45, 2.75) is 0 Å². The Morgan fingerprint density at radius 2 is 2.00 bits per heavy atom. The molecule has 0 atom stereocenters. The van der Waals surface area contributed by atoms with Gasteiger partial charge in [0.25, 0.3) is 0 Å². The second kappa shape index (κ2) is 6.48. The van der Waals surface area contributed by atoms with Crippen molar-refractivity contribution < 1.29 is 10.0 Å². The molecule has 0 aliphatic heterocycles. The number of phenols is 1. The minimum Gasteiger partial charge on any atom is -0.502 e. The highest BCUT2D eigenvalue weighted by Crippen LogP contribution is 2.31. The van der Waals surface area contributed by atoms with Crippen LogP contribution in [0.4, 0.5) is 5.69 Å². The van der Waals surface area contributed by atoms with E-state index in [9.17, 15) is 20.5 Å². The molecule has 0 saturated heterocycles. The summed E-state index contributed by atoms with van der Waals surface area (Å²) in [6, 6.07) is 10.5. The molecule has 2 aromatic carbocycles. The first kappa shape index (κ1) is 15.8. The fourth-order valence-corrected chi connectivity index (χ4v) is 2.33. The Hall–Kier alpha value is -2.55. The molecule has 1 N–H and O–H groups in total. The van der Waals surface area contributed by atoms with Crippen molar-refractivity contribution in [3.05, 3.63) is 67.7 Å². The van der Waals surface area contributed by atoms with Gasteiger partial charge in [0.05, 0.1) is 21.6 Å². The van der Waals surface area contributed by atoms with Crippen molar-refractivity contribution >= 4 is 40.5 Å². The number of nitriles is 1. The molecule has 110 valence electrons. The van der Waals surface area contributed by atoms with E-state index in [0.717, 1.165) is 0 Å². The fraction of sp³-hybridized carbons (Fsp3) is 0. The summed E-state index contributed by atoms with van der Waals surface area (Å²) >= 11 is 11.9. The number of aromatic hydroxyl groups is 1. The summed E-state index contributed by atoms with van der Waals surface area (Å²) in [7, 11) is 0. The lowest BCUT2D eigenvalue weighted by Gasteiger charge is -2.04. The number of rotatable bonds is 3. The number of nitro benzene ring substituents is 1. The maximum absolute atomic E-state index is 10.8. The van der Waals surface area contributed by atoms with E-state index in [4.69, 9.17) is 23.2 Å². The second-order valence-electron chi connectivity index (χ2n) is 4.30. The molecule has 7 heteroatoms. The predicted molar refractivity (Wildman–Crippen MR) is 84.7 cm³/mol. The summed E-state index contributed by atoms with van der Waals surface area (Å²) in [6.07, 6.45) is 1.45. The van der Waals surface area contributed by atoms with E-state index in [-0.39, 0.29) is 5.57 Å². The van der Waals surface area contributed by atoms with Crippen molar-refractivity contribution in [1.29, 1.82) is 5.26 Å². The lowest BCUT2D eigenvalue weighted by Crippen LogP contribution is -1.90. The average Bonchev–Trinajstić information content (AvgIpc) is 2.46. The van der Waals surface area contributed by atoms with Crippen molar-refractivity contribution in [2.24, 2.45) is 0 Å². The summed E-state index contributed by atoms with van der Waals surface area (Å²) in [5.41, 5.74) is 0.645. The SMILES string of the molecule is N#C/C(=C/c1ccc(O)c([N+](=O)[O-])c1)c1ccc(Cl)cc1Cl. The Morgan fingerprint density at radius 1 is 1.27 bits per heavy atom. The number of hydrogen-bond donors (Lipinski definition) is 1. The summed E-state index contributed by atoms with van der Waals surface area (Å²) < 4.78 is 0. The van der Waals surface area contributed by atoms with Crippen molar-refractivity contribution in [2.75, 3.05) is 0 Å². The van der Waals surface area contributed by atoms with Gasteiger partial charge in [-0.15, -0.1) is 0 Å². The molecule has 0 spiro atoms. The van der Waals surface area contributed by atoms with Crippen LogP contribution in [0.1, 0.15) is 11.1 Å². The molecule has 0 radical (unpaired) electrons. The molecular weight excluding hydrogens is 327 g/mol. The van der Waals surface area contributed by atoms with Gasteiger partial charge in [0.1, 0.15) is 0 Å². The van der Waals surface area contributed by atoms with Gasteiger partial charge in [0.2, 0.25) is 0 Å². The molecule has 5 nitrogen and oxygen atoms in total. The van der Waals surface area contributed by atoms with Crippen LogP contribution in [0.3, 0.4) is 0 Å². The molecular formula is C15H8Cl2N2O3. The summed E-state index contributed by atoms with van der Waals surface area (Å²) in [4.78, 5) is 10.1. The van der Waals surface area contributed by atoms with Crippen LogP contribution in [0.2, 0.25) is 10.0 Å². The highest BCUT2D eigenvalue weighted by Gasteiger charge is 2.14. The Bertz CT molecular complexity index is 826. The largest absolute Gasteiger partial charge is 0.502 e. The van der Waals surface area contributed by atoms with Crippen LogP contribution < -0.4 is 0 Å². The highest BCUT2D eigenvalue weighted by molar-refractivity contribution is 6.36. The number of benzene rings is 2. The van der Waals surface area contributed by atoms with Crippen LogP contribution in [-0.2, 0) is 0 Å². The molecule has 0 unspecified atom stereocenters. The minimum absolute atomic E-state index is 0.224. The van der Waals surface area contributed by atoms with E-state index in [0.29, 0.717) is 21.2 Å². The van der Waals surface area contributed by atoms with E-state index in [1.54, 1.807) is 12.1 Å². The normalized spacial score (nSPS) is 11.0. The first-order valence-electron chi connectivity index (χ1n) is 5.97. The van der Waals surface area contributed by atoms with Gasteiger partial charge in [-0.05, 0) is 29.8 Å². The molecule has 0 fully saturated rings. The molecule has 2 rings (SSSR count). The highest BCUT2D eigenvalue weighted by atomic mass is 35.5. The number of hydrogen-bond acceptors (Lipinski definition) is 4. The third kappa shape index (κ3) is 3.37. The number of phenolic OH excluding ortho intramolecular Hbond substituents is 1. The molecule has 0 aliphatic carbocycles. The van der Waals surface area contributed by atoms with Gasteiger partial charge in [-0.25, -0.2) is 0 Å². The number of halogens is 2. The molecule has 0 bridgehead atoms. The van der Waals surface area contributed by atoms with Crippen LogP contribution in [0, 0.1) is 21.4 Å². The Morgan fingerprint density at radius 3 is 2.59 bits per heavy atom. The zero-order valence-electron chi connectivity index (χ0n) is 11.0. The monoisotopic (exact) mass is 334 g/mol. The van der Waals surface area contributed by atoms with Crippen LogP contribution in [0.15, 0.2) is 36.4 Å². The number of allylic oxidation sites excluding steroid dienone is 1. The quantitative estimate of drug-likeness (QED) is 0.382. The Labute approximate surface area is 135 Å². The van der Waals surface area contributed by atoms with Crippen LogP contribution in [-0.4, -0.2) is 10.0 Å². The van der Waals surface area contributed by atoms with Gasteiger partial charge >= 0.3 is 5.69 Å².